The molecule has 0 saturated carbocycles. The largest absolute Gasteiger partial charge is 0.497 e. The molecular formula is C29H31F3N6O7S. The topological polar surface area (TPSA) is 157 Å². The zero-order valence-electron chi connectivity index (χ0n) is 25.5. The van der Waals surface area contributed by atoms with Crippen molar-refractivity contribution in [1.82, 2.24) is 24.7 Å². The van der Waals surface area contributed by atoms with Crippen LogP contribution in [0.1, 0.15) is 35.1 Å². The monoisotopic (exact) mass is 664 g/mol. The molecule has 0 saturated heterocycles. The fourth-order valence-corrected chi connectivity index (χ4v) is 4.84. The summed E-state index contributed by atoms with van der Waals surface area (Å²) in [5.41, 5.74) is -0.236. The Balaban J connectivity index is 1.82. The Kier molecular flexibility index (Phi) is 10.3. The summed E-state index contributed by atoms with van der Waals surface area (Å²) < 4.78 is 86.2. The Bertz CT molecular complexity index is 1810. The molecule has 0 atom stereocenters. The summed E-state index contributed by atoms with van der Waals surface area (Å²) in [6.07, 6.45) is -0.821. The zero-order chi connectivity index (χ0) is 33.6. The molecule has 246 valence electrons. The number of halogens is 3. The van der Waals surface area contributed by atoms with Crippen LogP contribution < -0.4 is 19.5 Å². The number of hydrogen-bond acceptors (Lipinski definition) is 12. The van der Waals surface area contributed by atoms with Crippen molar-refractivity contribution in [2.45, 2.75) is 26.4 Å². The Morgan fingerprint density at radius 2 is 1.72 bits per heavy atom. The molecule has 13 nitrogen and oxygen atoms in total. The van der Waals surface area contributed by atoms with Gasteiger partial charge < -0.3 is 24.3 Å². The Labute approximate surface area is 262 Å². The molecule has 1 N–H and O–H groups in total. The molecule has 0 spiro atoms. The van der Waals surface area contributed by atoms with Gasteiger partial charge in [-0.15, -0.1) is 0 Å². The van der Waals surface area contributed by atoms with E-state index in [0.29, 0.717) is 17.2 Å². The van der Waals surface area contributed by atoms with Crippen molar-refractivity contribution in [2.75, 3.05) is 44.8 Å². The first-order valence-corrected chi connectivity index (χ1v) is 15.8. The molecule has 0 bridgehead atoms. The summed E-state index contributed by atoms with van der Waals surface area (Å²) in [5, 5.41) is 6.76. The molecular weight excluding hydrogens is 633 g/mol. The van der Waals surface area contributed by atoms with E-state index >= 15 is 0 Å². The van der Waals surface area contributed by atoms with Gasteiger partial charge in [-0.05, 0) is 32.4 Å². The molecule has 0 amide bonds. The number of methoxy groups -OCH3 is 2. The fourth-order valence-electron chi connectivity index (χ4n) is 4.19. The van der Waals surface area contributed by atoms with Gasteiger partial charge in [-0.2, -0.15) is 23.3 Å². The number of carbonyl (C=O) groups is 1. The molecule has 0 unspecified atom stereocenters. The second-order valence-corrected chi connectivity index (χ2v) is 12.1. The smallest absolute Gasteiger partial charge is 0.435 e. The third-order valence-electron chi connectivity index (χ3n) is 6.31. The average Bonchev–Trinajstić information content (AvgIpc) is 3.41. The van der Waals surface area contributed by atoms with Crippen molar-refractivity contribution >= 4 is 27.4 Å². The highest BCUT2D eigenvalue weighted by atomic mass is 32.2. The third-order valence-corrected chi connectivity index (χ3v) is 7.34. The molecule has 4 aromatic rings. The lowest BCUT2D eigenvalue weighted by atomic mass is 10.1. The van der Waals surface area contributed by atoms with Gasteiger partial charge in [0.15, 0.2) is 11.5 Å². The maximum absolute atomic E-state index is 13.6. The average molecular weight is 665 g/mol. The van der Waals surface area contributed by atoms with Crippen LogP contribution in [-0.4, -0.2) is 78.6 Å². The van der Waals surface area contributed by atoms with Gasteiger partial charge in [-0.1, -0.05) is 0 Å². The van der Waals surface area contributed by atoms with Gasteiger partial charge in [0.05, 0.1) is 33.2 Å². The van der Waals surface area contributed by atoms with Gasteiger partial charge >= 0.3 is 12.1 Å². The van der Waals surface area contributed by atoms with E-state index in [1.165, 1.54) is 39.6 Å². The van der Waals surface area contributed by atoms with E-state index in [9.17, 15) is 26.4 Å². The highest BCUT2D eigenvalue weighted by molar-refractivity contribution is 7.90. The number of sulfone groups is 1. The van der Waals surface area contributed by atoms with Crippen LogP contribution in [-0.2, 0) is 20.8 Å². The highest BCUT2D eigenvalue weighted by Crippen LogP contribution is 2.34. The predicted molar refractivity (Wildman–Crippen MR) is 161 cm³/mol. The lowest BCUT2D eigenvalue weighted by Crippen LogP contribution is -2.13. The summed E-state index contributed by atoms with van der Waals surface area (Å²) in [7, 11) is -0.277. The number of nitrogens with one attached hydrogen (secondary N) is 1. The number of benzene rings is 1. The van der Waals surface area contributed by atoms with Gasteiger partial charge in [0.1, 0.15) is 26.9 Å². The molecule has 0 radical (unpaired) electrons. The number of nitrogens with zero attached hydrogens (tertiary/aromatic N) is 5. The molecule has 4 rings (SSSR count). The first-order chi connectivity index (χ1) is 21.7. The summed E-state index contributed by atoms with van der Waals surface area (Å²) in [5.74, 6) is -0.150. The molecule has 46 heavy (non-hydrogen) atoms. The Hall–Kier alpha value is -4.93. The van der Waals surface area contributed by atoms with Crippen molar-refractivity contribution < 1.29 is 45.3 Å². The van der Waals surface area contributed by atoms with Gasteiger partial charge in [0, 0.05) is 59.4 Å². The van der Waals surface area contributed by atoms with Crippen molar-refractivity contribution in [1.29, 1.82) is 0 Å². The first kappa shape index (κ1) is 34.0. The zero-order valence-corrected chi connectivity index (χ0v) is 26.3. The molecule has 0 fully saturated rings. The molecule has 0 aliphatic carbocycles. The van der Waals surface area contributed by atoms with E-state index in [4.69, 9.17) is 18.9 Å². The van der Waals surface area contributed by atoms with Crippen molar-refractivity contribution in [3.05, 3.63) is 59.7 Å². The molecule has 0 aliphatic rings. The van der Waals surface area contributed by atoms with Crippen LogP contribution in [0.15, 0.2) is 42.7 Å². The van der Waals surface area contributed by atoms with Gasteiger partial charge in [-0.3, -0.25) is 0 Å². The SMILES string of the molecule is CCOC(=O)c1cc(-c2cnc(Nc3cc(OC)cc(OC)c3)nc2-n2nc(C(F)(F)F)cc2C)cnc1OCCCS(C)(=O)=O. The van der Waals surface area contributed by atoms with Crippen molar-refractivity contribution in [3.63, 3.8) is 0 Å². The Morgan fingerprint density at radius 1 is 1.02 bits per heavy atom. The summed E-state index contributed by atoms with van der Waals surface area (Å²) in [6, 6.07) is 7.19. The van der Waals surface area contributed by atoms with Crippen LogP contribution in [0, 0.1) is 6.92 Å². The number of carbonyl (C=O) groups excluding carboxylic acids is 1. The maximum atomic E-state index is 13.6. The quantitative estimate of drug-likeness (QED) is 0.154. The number of aryl methyl sites for hydroxylation is 1. The first-order valence-electron chi connectivity index (χ1n) is 13.7. The highest BCUT2D eigenvalue weighted by Gasteiger charge is 2.35. The van der Waals surface area contributed by atoms with Gasteiger partial charge in [0.25, 0.3) is 0 Å². The van der Waals surface area contributed by atoms with E-state index in [2.05, 4.69) is 25.4 Å². The number of rotatable bonds is 13. The second kappa shape index (κ2) is 14.0. The number of aromatic nitrogens is 5. The van der Waals surface area contributed by atoms with Crippen LogP contribution in [0.3, 0.4) is 0 Å². The van der Waals surface area contributed by atoms with Crippen LogP contribution >= 0.6 is 0 Å². The molecule has 1 aromatic carbocycles. The van der Waals surface area contributed by atoms with Crippen molar-refractivity contribution in [3.8, 4) is 34.3 Å². The predicted octanol–water partition coefficient (Wildman–Crippen LogP) is 4.80. The second-order valence-electron chi connectivity index (χ2n) is 9.87. The van der Waals surface area contributed by atoms with Gasteiger partial charge in [-0.25, -0.2) is 27.9 Å². The summed E-state index contributed by atoms with van der Waals surface area (Å²) >= 11 is 0. The minimum Gasteiger partial charge on any atom is -0.497 e. The minimum absolute atomic E-state index is 0.00178. The maximum Gasteiger partial charge on any atom is 0.435 e. The van der Waals surface area contributed by atoms with E-state index < -0.39 is 27.7 Å². The molecule has 0 aliphatic heterocycles. The van der Waals surface area contributed by atoms with Crippen molar-refractivity contribution in [2.24, 2.45) is 0 Å². The van der Waals surface area contributed by atoms with E-state index in [-0.39, 0.29) is 65.4 Å². The molecule has 17 heteroatoms. The lowest BCUT2D eigenvalue weighted by molar-refractivity contribution is -0.141. The summed E-state index contributed by atoms with van der Waals surface area (Å²) in [6.45, 7) is 3.02. The fraction of sp³-hybridized carbons (Fsp3) is 0.345. The minimum atomic E-state index is -4.73. The Morgan fingerprint density at radius 3 is 2.30 bits per heavy atom. The number of ether oxygens (including phenoxy) is 4. The van der Waals surface area contributed by atoms with E-state index in [1.807, 2.05) is 0 Å². The molecule has 3 aromatic heterocycles. The number of esters is 1. The molecule has 3 heterocycles. The number of pyridine rings is 1. The number of anilines is 2. The normalized spacial score (nSPS) is 11.7. The number of alkyl halides is 3. The van der Waals surface area contributed by atoms with Gasteiger partial charge in [0.2, 0.25) is 11.8 Å². The van der Waals surface area contributed by atoms with Crippen LogP contribution in [0.25, 0.3) is 16.9 Å². The van der Waals surface area contributed by atoms with Crippen LogP contribution in [0.2, 0.25) is 0 Å². The third kappa shape index (κ3) is 8.41. The van der Waals surface area contributed by atoms with Crippen LogP contribution in [0.5, 0.6) is 17.4 Å². The van der Waals surface area contributed by atoms with E-state index in [1.54, 1.807) is 25.1 Å². The summed E-state index contributed by atoms with van der Waals surface area (Å²) in [4.78, 5) is 26.0. The van der Waals surface area contributed by atoms with E-state index in [0.717, 1.165) is 17.0 Å². The lowest BCUT2D eigenvalue weighted by Gasteiger charge is -2.15. The number of hydrogen-bond donors (Lipinski definition) is 1. The standard InChI is InChI=1S/C29H31F3N6O7S/c1-6-44-27(39)22-11-18(15-33-26(22)45-8-7-9-46(5,40)41)23-16-34-28(35-19-12-20(42-3)14-21(13-19)43-4)36-25(23)38-17(2)10-24(37-38)29(30,31)32/h10-16H,6-9H2,1-5H3,(H,34,35,36). The van der Waals surface area contributed by atoms with Crippen LogP contribution in [0.4, 0.5) is 24.8 Å².